The van der Waals surface area contributed by atoms with E-state index in [1.165, 1.54) is 106 Å². The lowest BCUT2D eigenvalue weighted by Crippen LogP contribution is -2.21. The number of halogens is 6. The topological polar surface area (TPSA) is 109 Å². The van der Waals surface area contributed by atoms with Gasteiger partial charge in [-0.3, -0.25) is 9.11 Å². The van der Waals surface area contributed by atoms with Crippen LogP contribution in [0.5, 0.6) is 0 Å². The van der Waals surface area contributed by atoms with Gasteiger partial charge in [0.15, 0.2) is 0 Å². The van der Waals surface area contributed by atoms with Crippen LogP contribution in [0.1, 0.15) is 0 Å². The summed E-state index contributed by atoms with van der Waals surface area (Å²) in [5, 5.41) is 0. The first-order valence-electron chi connectivity index (χ1n) is 27.9. The minimum absolute atomic E-state index is 1.24. The molecule has 18 heteroatoms. The maximum Gasteiger partial charge on any atom is 0.522 e. The average molecular weight is 1350 g/mol. The van der Waals surface area contributed by atoms with Gasteiger partial charge in [0.1, 0.15) is 0 Å². The zero-order valence-electron chi connectivity index (χ0n) is 48.3. The first-order chi connectivity index (χ1) is 44.1. The molecule has 0 unspecified atom stereocenters. The summed E-state index contributed by atoms with van der Waals surface area (Å²) in [5.74, 6) is 0. The summed E-state index contributed by atoms with van der Waals surface area (Å²) in [5.41, 5.74) is 3.91. The third-order valence-electron chi connectivity index (χ3n) is 13.5. The van der Waals surface area contributed by atoms with Crippen molar-refractivity contribution in [3.8, 4) is 66.8 Å². The largest absolute Gasteiger partial charge is 0.522 e. The first kappa shape index (κ1) is 67.8. The Kier molecular flexibility index (Phi) is 23.3. The van der Waals surface area contributed by atoms with Gasteiger partial charge in [0, 0.05) is 39.2 Å². The summed E-state index contributed by atoms with van der Waals surface area (Å²) in [6, 6.07) is 113. The lowest BCUT2D eigenvalue weighted by Gasteiger charge is -2.11. The van der Waals surface area contributed by atoms with E-state index in [0.29, 0.717) is 0 Å². The fourth-order valence-electron chi connectivity index (χ4n) is 9.00. The van der Waals surface area contributed by atoms with Crippen LogP contribution in [-0.4, -0.2) is 37.0 Å². The summed E-state index contributed by atoms with van der Waals surface area (Å²) in [7, 11) is -11.7. The Bertz CT molecular complexity index is 4220. The summed E-state index contributed by atoms with van der Waals surface area (Å²) >= 11 is 7.19. The fraction of sp³-hybridized carbons (Fsp3) is 0.0270. The molecule has 0 spiro atoms. The highest BCUT2D eigenvalue weighted by atomic mass is 32.2. The van der Waals surface area contributed by atoms with E-state index in [1.54, 1.807) is 47.0 Å². The van der Waals surface area contributed by atoms with Crippen LogP contribution in [0.25, 0.3) is 66.8 Å². The maximum absolute atomic E-state index is 10.7. The molecule has 12 aromatic carbocycles. The number of alkyl halides is 6. The van der Waals surface area contributed by atoms with Crippen LogP contribution in [0, 0.1) is 0 Å². The smallest absolute Gasteiger partial charge is 0.279 e. The van der Waals surface area contributed by atoms with E-state index in [0.717, 1.165) is 0 Å². The SMILES string of the molecule is O=S(=O)(O)C(F)(F)F.O=S(=O)(O)C(F)(F)F.c1ccc(-c2ccc(Sc3ccc(Sc4ccc(-c5ccccc5-c5ccccc5)cc4)cc3)cc2)cc1.c1ccc(-c2ccc(Sc3ccc(Sc4ccc(-c5ccccc5-c5ccccc5)cc4)cc3)cc2)cc1. The third kappa shape index (κ3) is 19.7. The van der Waals surface area contributed by atoms with Crippen LogP contribution in [0.15, 0.2) is 355 Å². The van der Waals surface area contributed by atoms with Crippen molar-refractivity contribution in [2.45, 2.75) is 50.2 Å². The Morgan fingerprint density at radius 1 is 0.207 bits per heavy atom. The molecule has 0 radical (unpaired) electrons. The lowest BCUT2D eigenvalue weighted by atomic mass is 9.95. The van der Waals surface area contributed by atoms with E-state index in [2.05, 4.69) is 315 Å². The van der Waals surface area contributed by atoms with E-state index < -0.39 is 31.3 Å². The molecule has 0 aliphatic rings. The molecule has 0 heterocycles. The third-order valence-corrected chi connectivity index (χ3v) is 18.7. The Balaban J connectivity index is 0.000000176. The first-order valence-corrected chi connectivity index (χ1v) is 34.1. The molecule has 0 saturated heterocycles. The lowest BCUT2D eigenvalue weighted by molar-refractivity contribution is -0.0514. The monoisotopic (exact) mass is 1340 g/mol. The second-order valence-corrected chi connectivity index (χ2v) is 27.3. The van der Waals surface area contributed by atoms with Gasteiger partial charge in [-0.15, -0.1) is 0 Å². The molecule has 0 aliphatic carbocycles. The molecule has 0 bridgehead atoms. The molecular weight excluding hydrogens is 1290 g/mol. The van der Waals surface area contributed by atoms with Crippen LogP contribution in [0.4, 0.5) is 26.3 Å². The predicted octanol–water partition coefficient (Wildman–Crippen LogP) is 22.8. The number of benzene rings is 12. The van der Waals surface area contributed by atoms with Gasteiger partial charge in [0.05, 0.1) is 0 Å². The van der Waals surface area contributed by atoms with Gasteiger partial charge in [-0.2, -0.15) is 43.2 Å². The van der Waals surface area contributed by atoms with Crippen molar-refractivity contribution >= 4 is 67.3 Å². The second-order valence-electron chi connectivity index (χ2n) is 19.8. The summed E-state index contributed by atoms with van der Waals surface area (Å²) in [6.45, 7) is 0. The van der Waals surface area contributed by atoms with Gasteiger partial charge in [-0.1, -0.05) is 265 Å². The Labute approximate surface area is 548 Å². The molecule has 0 amide bonds. The Morgan fingerprint density at radius 3 is 0.522 bits per heavy atom. The number of hydrogen-bond acceptors (Lipinski definition) is 8. The minimum atomic E-state index is -5.84. The van der Waals surface area contributed by atoms with Crippen molar-refractivity contribution in [1.82, 2.24) is 0 Å². The van der Waals surface area contributed by atoms with Crippen molar-refractivity contribution in [3.63, 3.8) is 0 Å². The van der Waals surface area contributed by atoms with Crippen molar-refractivity contribution < 1.29 is 52.3 Å². The molecule has 12 aromatic rings. The summed E-state index contributed by atoms with van der Waals surface area (Å²) < 4.78 is 115. The van der Waals surface area contributed by atoms with Crippen molar-refractivity contribution in [2.24, 2.45) is 0 Å². The molecule has 2 N–H and O–H groups in total. The molecule has 0 atom stereocenters. The summed E-state index contributed by atoms with van der Waals surface area (Å²) in [6.07, 6.45) is 0. The molecule has 92 heavy (non-hydrogen) atoms. The van der Waals surface area contributed by atoms with Crippen molar-refractivity contribution in [3.05, 3.63) is 315 Å². The summed E-state index contributed by atoms with van der Waals surface area (Å²) in [4.78, 5) is 9.94. The Morgan fingerprint density at radius 2 is 0.337 bits per heavy atom. The molecule has 0 fully saturated rings. The number of rotatable bonds is 14. The molecule has 464 valence electrons. The second kappa shape index (κ2) is 31.6. The normalized spacial score (nSPS) is 11.4. The molecular formula is C74H54F6O6S6. The highest BCUT2D eigenvalue weighted by Crippen LogP contribution is 2.39. The number of hydrogen-bond donors (Lipinski definition) is 2. The van der Waals surface area contributed by atoms with E-state index in [-0.39, 0.29) is 0 Å². The van der Waals surface area contributed by atoms with Crippen LogP contribution in [0.3, 0.4) is 0 Å². The van der Waals surface area contributed by atoms with Crippen LogP contribution < -0.4 is 0 Å². The standard InChI is InChI=1S/2C36H26S2.2CHF3O3S/c2*1-3-9-27(10-4-1)28-15-19-31(20-16-28)37-33-23-25-34(26-24-33)38-32-21-17-30(18-22-32)36-14-8-7-13-35(36)29-11-5-2-6-12-29;2*2-1(3,4)8(5,6)7/h2*1-26H;2*(H,5,6,7). The van der Waals surface area contributed by atoms with E-state index in [9.17, 15) is 26.3 Å². The average Bonchev–Trinajstić information content (AvgIpc) is 0.956. The maximum atomic E-state index is 10.7. The van der Waals surface area contributed by atoms with Gasteiger partial charge in [0.25, 0.3) is 0 Å². The van der Waals surface area contributed by atoms with Gasteiger partial charge < -0.3 is 0 Å². The molecule has 0 saturated carbocycles. The van der Waals surface area contributed by atoms with Crippen LogP contribution >= 0.6 is 47.0 Å². The molecule has 0 aliphatic heterocycles. The minimum Gasteiger partial charge on any atom is -0.279 e. The highest BCUT2D eigenvalue weighted by Gasteiger charge is 2.45. The van der Waals surface area contributed by atoms with E-state index in [4.69, 9.17) is 25.9 Å². The van der Waals surface area contributed by atoms with Crippen LogP contribution in [-0.2, 0) is 20.2 Å². The zero-order valence-corrected chi connectivity index (χ0v) is 53.2. The Hall–Kier alpha value is -8.56. The zero-order chi connectivity index (χ0) is 65.1. The molecule has 12 rings (SSSR count). The van der Waals surface area contributed by atoms with E-state index in [1.807, 2.05) is 0 Å². The fourth-order valence-corrected chi connectivity index (χ4v) is 12.3. The van der Waals surface area contributed by atoms with Crippen LogP contribution in [0.2, 0.25) is 0 Å². The predicted molar refractivity (Wildman–Crippen MR) is 363 cm³/mol. The quantitative estimate of drug-likeness (QED) is 0.0621. The van der Waals surface area contributed by atoms with Gasteiger partial charge in [0.2, 0.25) is 0 Å². The molecule has 0 aromatic heterocycles. The van der Waals surface area contributed by atoms with E-state index >= 15 is 0 Å². The highest BCUT2D eigenvalue weighted by molar-refractivity contribution is 8.00. The van der Waals surface area contributed by atoms with Gasteiger partial charge in [-0.25, -0.2) is 0 Å². The van der Waals surface area contributed by atoms with Crippen molar-refractivity contribution in [1.29, 1.82) is 0 Å². The van der Waals surface area contributed by atoms with Gasteiger partial charge >= 0.3 is 31.3 Å². The van der Waals surface area contributed by atoms with Crippen molar-refractivity contribution in [2.75, 3.05) is 0 Å². The van der Waals surface area contributed by atoms with Gasteiger partial charge in [-0.05, 0) is 164 Å². The molecule has 6 nitrogen and oxygen atoms in total.